The Morgan fingerprint density at radius 3 is 0.871 bits per heavy atom. The van der Waals surface area contributed by atoms with Gasteiger partial charge in [-0.25, -0.2) is 92.6 Å². The fourth-order valence-electron chi connectivity index (χ4n) is 8.26. The fourth-order valence-corrected chi connectivity index (χ4v) is 8.26. The molecule has 0 saturated carbocycles. The van der Waals surface area contributed by atoms with Crippen molar-refractivity contribution in [2.24, 2.45) is 0 Å². The van der Waals surface area contributed by atoms with Crippen LogP contribution in [0.1, 0.15) is 0 Å². The predicted molar refractivity (Wildman–Crippen MR) is 211 cm³/mol. The molecule has 0 aliphatic carbocycles. The van der Waals surface area contributed by atoms with Gasteiger partial charge in [0.1, 0.15) is 52.7 Å². The van der Waals surface area contributed by atoms with Crippen LogP contribution in [0.3, 0.4) is 0 Å². The third-order valence-corrected chi connectivity index (χ3v) is 11.3. The van der Waals surface area contributed by atoms with E-state index < -0.39 is 144 Å². The van der Waals surface area contributed by atoms with Gasteiger partial charge in [-0.3, -0.25) is 0 Å². The van der Waals surface area contributed by atoms with Crippen LogP contribution < -0.4 is 31.4 Å². The highest BCUT2D eigenvalue weighted by atomic mass is 19.2. The molecule has 0 fully saturated rings. The van der Waals surface area contributed by atoms with Crippen LogP contribution in [0, 0.1) is 116 Å². The molecule has 0 radical (unpaired) electrons. The van der Waals surface area contributed by atoms with Crippen LogP contribution in [0.15, 0.2) is 97.2 Å². The van der Waals surface area contributed by atoms with Gasteiger partial charge in [-0.2, -0.15) is 0 Å². The first-order chi connectivity index (χ1) is 33.1. The summed E-state index contributed by atoms with van der Waals surface area (Å²) in [5.41, 5.74) is -13.3. The van der Waals surface area contributed by atoms with Gasteiger partial charge in [0.2, 0.25) is 11.9 Å². The van der Waals surface area contributed by atoms with Gasteiger partial charge in [0, 0.05) is 27.6 Å². The van der Waals surface area contributed by atoms with E-state index in [1.807, 2.05) is 29.1 Å². The molecule has 2 nitrogen and oxygen atoms in total. The van der Waals surface area contributed by atoms with Crippen molar-refractivity contribution in [3.63, 3.8) is 0 Å². The Labute approximate surface area is 376 Å². The number of benzene rings is 8. The molecule has 70 heavy (non-hydrogen) atoms. The summed E-state index contributed by atoms with van der Waals surface area (Å²) in [5.74, 6) is -70.5. The van der Waals surface area contributed by atoms with Crippen LogP contribution in [0.25, 0.3) is 32.4 Å². The van der Waals surface area contributed by atoms with E-state index >= 15 is 35.1 Å². The molecular formula is C47H16BF20NO. The molecule has 0 N–H and O–H groups in total. The minimum Gasteiger partial charge on any atom is -0.230 e. The number of rotatable bonds is 6. The molecule has 1 heterocycles. The van der Waals surface area contributed by atoms with Gasteiger partial charge in [-0.15, -0.1) is 21.9 Å². The topological polar surface area (TPSA) is 13.1 Å². The van der Waals surface area contributed by atoms with Crippen molar-refractivity contribution < 1.29 is 97.4 Å². The van der Waals surface area contributed by atoms with E-state index in [-0.39, 0.29) is 0 Å². The minimum absolute atomic E-state index is 0.884. The van der Waals surface area contributed by atoms with Crippen molar-refractivity contribution in [2.75, 3.05) is 0 Å². The number of nitrogens with zero attached hydrogens (tertiary/aromatic N) is 1. The van der Waals surface area contributed by atoms with Crippen molar-refractivity contribution in [1.82, 2.24) is 0 Å². The Morgan fingerprint density at radius 2 is 0.543 bits per heavy atom. The number of aromatic nitrogens is 1. The van der Waals surface area contributed by atoms with E-state index in [4.69, 9.17) is 4.84 Å². The molecule has 23 heteroatoms. The van der Waals surface area contributed by atoms with Crippen molar-refractivity contribution in [1.29, 1.82) is 0 Å². The number of hydrogen-bond acceptors (Lipinski definition) is 1. The first-order valence-electron chi connectivity index (χ1n) is 19.3. The molecule has 9 aromatic rings. The monoisotopic (exact) mass is 1000 g/mol. The molecule has 0 atom stereocenters. The Hall–Kier alpha value is -7.85. The third-order valence-electron chi connectivity index (χ3n) is 11.3. The van der Waals surface area contributed by atoms with Crippen LogP contribution in [0.4, 0.5) is 87.8 Å². The largest absolute Gasteiger partial charge is 0.265 e. The highest BCUT2D eigenvalue weighted by Gasteiger charge is 2.52. The average Bonchev–Trinajstić information content (AvgIpc) is 3.36. The zero-order valence-electron chi connectivity index (χ0n) is 33.7. The second kappa shape index (κ2) is 17.9. The summed E-state index contributed by atoms with van der Waals surface area (Å²) in [6.45, 7) is 0. The Kier molecular flexibility index (Phi) is 12.4. The van der Waals surface area contributed by atoms with Crippen molar-refractivity contribution in [3.05, 3.63) is 214 Å². The molecule has 0 aliphatic rings. The molecule has 0 amide bonds. The fraction of sp³-hybridized carbons (Fsp3) is 0. The van der Waals surface area contributed by atoms with Crippen LogP contribution in [0.5, 0.6) is 5.75 Å². The first kappa shape index (κ1) is 48.6. The van der Waals surface area contributed by atoms with E-state index in [1.54, 1.807) is 0 Å². The van der Waals surface area contributed by atoms with Crippen LogP contribution in [0.2, 0.25) is 0 Å². The summed E-state index contributed by atoms with van der Waals surface area (Å²) < 4.78 is 296. The van der Waals surface area contributed by atoms with E-state index in [9.17, 15) is 52.7 Å². The number of hydrogen-bond donors (Lipinski definition) is 0. The third kappa shape index (κ3) is 7.19. The highest BCUT2D eigenvalue weighted by molar-refractivity contribution is 7.20. The molecule has 0 unspecified atom stereocenters. The molecular weight excluding hydrogens is 985 g/mol. The van der Waals surface area contributed by atoms with Crippen molar-refractivity contribution >= 4 is 60.4 Å². The standard InChI is InChI=1S/C24BF20.C23H16NO/c26-5-1(6(27)14(35)21(42)13(5)34)25(2-7(28)15(36)22(43)16(37)8(2)29,3-9(30)17(38)23(44)18(39)10(3)31)4-11(32)19(40)24(45)20(41)12(4)33;1-4-12-20-18(9-1)16-19-10-2-5-13-21(19)23(20)25-24-15-7-11-17-8-3-6-14-22(17)24/h;1-16H/q-1;+1. The van der Waals surface area contributed by atoms with Gasteiger partial charge in [-0.1, -0.05) is 60.7 Å². The summed E-state index contributed by atoms with van der Waals surface area (Å²) in [4.78, 5) is 6.43. The number of pyridine rings is 1. The van der Waals surface area contributed by atoms with Crippen molar-refractivity contribution in [2.45, 2.75) is 0 Å². The molecule has 0 saturated heterocycles. The zero-order chi connectivity index (χ0) is 51.0. The SMILES string of the molecule is Fc1c(F)c(F)c([B-](c2c(F)c(F)c(F)c(F)c2F)(c2c(F)c(F)c(F)c(F)c2F)c2c(F)c(F)c(F)c(F)c2F)c(F)c1F.c1ccc2c(O[n+]3cccc4ccccc43)c3ccccc3cc2c1. The lowest BCUT2D eigenvalue weighted by molar-refractivity contribution is -0.853. The smallest absolute Gasteiger partial charge is 0.230 e. The average molecular weight is 1000 g/mol. The molecule has 0 bridgehead atoms. The molecule has 0 aliphatic heterocycles. The maximum Gasteiger partial charge on any atom is 0.265 e. The van der Waals surface area contributed by atoms with E-state index in [0.29, 0.717) is 0 Å². The summed E-state index contributed by atoms with van der Waals surface area (Å²) in [6.07, 6.45) is -5.26. The summed E-state index contributed by atoms with van der Waals surface area (Å²) in [7, 11) is 0. The normalized spacial score (nSPS) is 11.7. The van der Waals surface area contributed by atoms with E-state index in [1.165, 1.54) is 10.8 Å². The predicted octanol–water partition coefficient (Wildman–Crippen LogP) is 11.1. The van der Waals surface area contributed by atoms with Gasteiger partial charge in [0.15, 0.2) is 69.8 Å². The molecule has 1 aromatic heterocycles. The lowest BCUT2D eigenvalue weighted by atomic mass is 9.12. The molecule has 9 rings (SSSR count). The second-order valence-corrected chi connectivity index (χ2v) is 14.9. The lowest BCUT2D eigenvalue weighted by Crippen LogP contribution is -2.81. The van der Waals surface area contributed by atoms with Gasteiger partial charge >= 0.3 is 0 Å². The number of para-hydroxylation sites is 1. The van der Waals surface area contributed by atoms with Gasteiger partial charge in [-0.05, 0) is 29.0 Å². The van der Waals surface area contributed by atoms with E-state index in [0.717, 1.165) is 27.4 Å². The molecule has 358 valence electrons. The van der Waals surface area contributed by atoms with Crippen LogP contribution >= 0.6 is 0 Å². The summed E-state index contributed by atoms with van der Waals surface area (Å²) in [6, 6.07) is 31.3. The Morgan fingerprint density at radius 1 is 0.286 bits per heavy atom. The Bertz CT molecular complexity index is 3220. The maximum absolute atomic E-state index is 15.4. The quantitative estimate of drug-likeness (QED) is 0.0404. The number of halogens is 20. The zero-order valence-corrected chi connectivity index (χ0v) is 33.7. The van der Waals surface area contributed by atoms with Gasteiger partial charge in [0.25, 0.3) is 5.52 Å². The molecule has 8 aromatic carbocycles. The second-order valence-electron chi connectivity index (χ2n) is 14.9. The lowest BCUT2D eigenvalue weighted by Gasteiger charge is -2.44. The summed E-state index contributed by atoms with van der Waals surface area (Å²) in [5, 5.41) is 5.73. The van der Waals surface area contributed by atoms with Gasteiger partial charge < -0.3 is 0 Å². The minimum atomic E-state index is -7.22. The Balaban J connectivity index is 0.000000219. The van der Waals surface area contributed by atoms with E-state index in [2.05, 4.69) is 72.8 Å². The van der Waals surface area contributed by atoms with Crippen LogP contribution in [-0.4, -0.2) is 6.15 Å². The number of fused-ring (bicyclic) bond motifs is 3. The first-order valence-corrected chi connectivity index (χ1v) is 19.3. The van der Waals surface area contributed by atoms with Gasteiger partial charge in [0.05, 0.1) is 5.39 Å². The maximum atomic E-state index is 15.4. The summed E-state index contributed by atoms with van der Waals surface area (Å²) >= 11 is 0. The van der Waals surface area contributed by atoms with Crippen LogP contribution in [-0.2, 0) is 0 Å². The molecule has 0 spiro atoms. The highest BCUT2D eigenvalue weighted by Crippen LogP contribution is 2.35. The van der Waals surface area contributed by atoms with Crippen molar-refractivity contribution in [3.8, 4) is 5.75 Å².